The first-order valence-electron chi connectivity index (χ1n) is 15.9. The first kappa shape index (κ1) is 30.3. The van der Waals surface area contributed by atoms with Crippen LogP contribution in [0.15, 0.2) is 48.5 Å². The molecule has 0 saturated heterocycles. The van der Waals surface area contributed by atoms with Gasteiger partial charge in [0.05, 0.1) is 11.1 Å². The maximum Gasteiger partial charge on any atom is 0.338 e. The minimum Gasteiger partial charge on any atom is -0.459 e. The molecule has 2 saturated carbocycles. The summed E-state index contributed by atoms with van der Waals surface area (Å²) in [6.45, 7) is 8.94. The summed E-state index contributed by atoms with van der Waals surface area (Å²) >= 11 is 0. The minimum absolute atomic E-state index is 0.0254. The zero-order chi connectivity index (χ0) is 28.5. The molecule has 2 aliphatic carbocycles. The van der Waals surface area contributed by atoms with E-state index in [0.717, 1.165) is 77.0 Å². The van der Waals surface area contributed by atoms with Crippen molar-refractivity contribution >= 4 is 11.9 Å². The van der Waals surface area contributed by atoms with Crippen LogP contribution in [0.2, 0.25) is 0 Å². The molecule has 2 aliphatic rings. The maximum absolute atomic E-state index is 12.7. The molecule has 40 heavy (non-hydrogen) atoms. The van der Waals surface area contributed by atoms with Crippen LogP contribution in [0, 0.1) is 23.7 Å². The summed E-state index contributed by atoms with van der Waals surface area (Å²) in [4.78, 5) is 25.4. The second kappa shape index (κ2) is 14.8. The van der Waals surface area contributed by atoms with E-state index in [4.69, 9.17) is 9.47 Å². The van der Waals surface area contributed by atoms with E-state index in [0.29, 0.717) is 34.8 Å². The molecular formula is C36H50O4. The smallest absolute Gasteiger partial charge is 0.338 e. The number of hydrogen-bond donors (Lipinski definition) is 0. The van der Waals surface area contributed by atoms with Crippen molar-refractivity contribution in [2.45, 2.75) is 117 Å². The Labute approximate surface area is 242 Å². The fourth-order valence-electron chi connectivity index (χ4n) is 6.44. The molecule has 0 bridgehead atoms. The molecule has 2 fully saturated rings. The monoisotopic (exact) mass is 546 g/mol. The van der Waals surface area contributed by atoms with E-state index >= 15 is 0 Å². The van der Waals surface area contributed by atoms with Gasteiger partial charge < -0.3 is 9.47 Å². The van der Waals surface area contributed by atoms with Gasteiger partial charge in [-0.1, -0.05) is 64.8 Å². The largest absolute Gasteiger partial charge is 0.459 e. The summed E-state index contributed by atoms with van der Waals surface area (Å²) in [5.74, 6) is 2.30. The van der Waals surface area contributed by atoms with Crippen LogP contribution in [0.4, 0.5) is 0 Å². The number of rotatable bonds is 11. The third kappa shape index (κ3) is 8.69. The fourth-order valence-corrected chi connectivity index (χ4v) is 6.44. The number of esters is 2. The molecule has 0 radical (unpaired) electrons. The van der Waals surface area contributed by atoms with Gasteiger partial charge in [0.2, 0.25) is 0 Å². The molecule has 0 N–H and O–H groups in total. The zero-order valence-corrected chi connectivity index (χ0v) is 25.2. The molecule has 0 unspecified atom stereocenters. The molecule has 4 nitrogen and oxygen atoms in total. The normalized spacial score (nSPS) is 24.6. The van der Waals surface area contributed by atoms with Gasteiger partial charge in [-0.05, 0) is 123 Å². The summed E-state index contributed by atoms with van der Waals surface area (Å²) in [5, 5.41) is 0. The molecular weight excluding hydrogens is 496 g/mol. The van der Waals surface area contributed by atoms with Crippen molar-refractivity contribution in [2.24, 2.45) is 23.7 Å². The van der Waals surface area contributed by atoms with Crippen molar-refractivity contribution in [3.63, 3.8) is 0 Å². The Morgan fingerprint density at radius 3 is 1.23 bits per heavy atom. The first-order valence-corrected chi connectivity index (χ1v) is 15.9. The van der Waals surface area contributed by atoms with E-state index in [1.54, 1.807) is 0 Å². The van der Waals surface area contributed by atoms with Gasteiger partial charge >= 0.3 is 11.9 Å². The van der Waals surface area contributed by atoms with Crippen molar-refractivity contribution in [1.82, 2.24) is 0 Å². The SMILES string of the molecule is CC[C@H](C)Cc1ccc(C(=O)OC2CCC([C@H]3CC[C@H](OC(=O)c4ccc(C[C@@H](C)CC)cc4)CC3)CC2)cc1. The van der Waals surface area contributed by atoms with Gasteiger partial charge in [-0.2, -0.15) is 0 Å². The van der Waals surface area contributed by atoms with Crippen LogP contribution in [-0.4, -0.2) is 24.1 Å². The Hall–Kier alpha value is -2.62. The number of benzene rings is 2. The molecule has 2 aromatic carbocycles. The lowest BCUT2D eigenvalue weighted by Crippen LogP contribution is -2.32. The molecule has 2 aromatic rings. The van der Waals surface area contributed by atoms with Crippen molar-refractivity contribution in [3.8, 4) is 0 Å². The third-order valence-corrected chi connectivity index (χ3v) is 9.59. The Morgan fingerprint density at radius 1 is 0.600 bits per heavy atom. The summed E-state index contributed by atoms with van der Waals surface area (Å²) < 4.78 is 11.8. The highest BCUT2D eigenvalue weighted by Gasteiger charge is 2.33. The Bertz CT molecular complexity index is 969. The highest BCUT2D eigenvalue weighted by Crippen LogP contribution is 2.40. The van der Waals surface area contributed by atoms with Gasteiger partial charge in [0.25, 0.3) is 0 Å². The summed E-state index contributed by atoms with van der Waals surface area (Å²) in [6, 6.07) is 15.9. The standard InChI is InChI=1S/C36H50O4/c1-5-25(3)23-27-7-11-31(12-8-27)35(37)39-33-19-15-29(16-20-33)30-17-21-34(22-18-30)40-36(38)32-13-9-28(10-14-32)24-26(4)6-2/h7-14,25-26,29-30,33-34H,5-6,15-24H2,1-4H3/t25-,26-,29-,30?,33-,34?/m0/s1. The van der Waals surface area contributed by atoms with Crippen molar-refractivity contribution < 1.29 is 19.1 Å². The average molecular weight is 547 g/mol. The van der Waals surface area contributed by atoms with Gasteiger partial charge in [-0.25, -0.2) is 9.59 Å². The van der Waals surface area contributed by atoms with Crippen LogP contribution >= 0.6 is 0 Å². The molecule has 0 heterocycles. The maximum atomic E-state index is 12.7. The Kier molecular flexibility index (Phi) is 11.3. The fraction of sp³-hybridized carbons (Fsp3) is 0.611. The van der Waals surface area contributed by atoms with Gasteiger partial charge in [-0.3, -0.25) is 0 Å². The van der Waals surface area contributed by atoms with E-state index in [9.17, 15) is 9.59 Å². The van der Waals surface area contributed by atoms with Crippen LogP contribution in [0.5, 0.6) is 0 Å². The predicted molar refractivity (Wildman–Crippen MR) is 162 cm³/mol. The number of hydrogen-bond acceptors (Lipinski definition) is 4. The molecule has 4 heteroatoms. The predicted octanol–water partition coefficient (Wildman–Crippen LogP) is 9.00. The molecule has 0 spiro atoms. The molecule has 0 amide bonds. The van der Waals surface area contributed by atoms with Crippen LogP contribution in [0.25, 0.3) is 0 Å². The van der Waals surface area contributed by atoms with E-state index < -0.39 is 0 Å². The summed E-state index contributed by atoms with van der Waals surface area (Å²) in [6.07, 6.45) is 12.7. The van der Waals surface area contributed by atoms with Crippen LogP contribution in [0.1, 0.15) is 124 Å². The lowest BCUT2D eigenvalue weighted by atomic mass is 9.72. The van der Waals surface area contributed by atoms with Crippen molar-refractivity contribution in [1.29, 1.82) is 0 Å². The minimum atomic E-state index is -0.189. The zero-order valence-electron chi connectivity index (χ0n) is 25.2. The topological polar surface area (TPSA) is 52.6 Å². The van der Waals surface area contributed by atoms with Crippen molar-refractivity contribution in [2.75, 3.05) is 0 Å². The number of ether oxygens (including phenoxy) is 2. The highest BCUT2D eigenvalue weighted by atomic mass is 16.5. The first-order chi connectivity index (χ1) is 19.3. The summed E-state index contributed by atoms with van der Waals surface area (Å²) in [7, 11) is 0. The van der Waals surface area contributed by atoms with Gasteiger partial charge in [0.1, 0.15) is 12.2 Å². The van der Waals surface area contributed by atoms with Gasteiger partial charge in [0.15, 0.2) is 0 Å². The molecule has 0 aliphatic heterocycles. The van der Waals surface area contributed by atoms with E-state index in [1.165, 1.54) is 11.1 Å². The Balaban J connectivity index is 1.15. The average Bonchev–Trinajstić information content (AvgIpc) is 2.98. The van der Waals surface area contributed by atoms with Crippen LogP contribution in [-0.2, 0) is 22.3 Å². The molecule has 4 rings (SSSR count). The third-order valence-electron chi connectivity index (χ3n) is 9.59. The summed E-state index contributed by atoms with van der Waals surface area (Å²) in [5.41, 5.74) is 3.87. The van der Waals surface area contributed by atoms with E-state index in [1.807, 2.05) is 24.3 Å². The van der Waals surface area contributed by atoms with E-state index in [-0.39, 0.29) is 24.1 Å². The van der Waals surface area contributed by atoms with Crippen LogP contribution in [0.3, 0.4) is 0 Å². The lowest BCUT2D eigenvalue weighted by molar-refractivity contribution is -0.000150. The second-order valence-corrected chi connectivity index (χ2v) is 12.7. The molecule has 2 atom stereocenters. The highest BCUT2D eigenvalue weighted by molar-refractivity contribution is 5.90. The second-order valence-electron chi connectivity index (χ2n) is 12.7. The van der Waals surface area contributed by atoms with Crippen LogP contribution < -0.4 is 0 Å². The number of carbonyl (C=O) groups excluding carboxylic acids is 2. The number of carbonyl (C=O) groups is 2. The quantitative estimate of drug-likeness (QED) is 0.264. The molecule has 218 valence electrons. The van der Waals surface area contributed by atoms with Gasteiger partial charge in [-0.15, -0.1) is 0 Å². The van der Waals surface area contributed by atoms with E-state index in [2.05, 4.69) is 52.0 Å². The lowest BCUT2D eigenvalue weighted by Gasteiger charge is -2.37. The Morgan fingerprint density at radius 2 is 0.925 bits per heavy atom. The van der Waals surface area contributed by atoms with Crippen molar-refractivity contribution in [3.05, 3.63) is 70.8 Å². The van der Waals surface area contributed by atoms with Gasteiger partial charge in [0, 0.05) is 0 Å². The molecule has 0 aromatic heterocycles.